The molecular weight excluding hydrogens is 386 g/mol. The van der Waals surface area contributed by atoms with Crippen molar-refractivity contribution in [1.29, 1.82) is 0 Å². The van der Waals surface area contributed by atoms with E-state index in [-0.39, 0.29) is 18.2 Å². The van der Waals surface area contributed by atoms with Crippen molar-refractivity contribution in [3.63, 3.8) is 0 Å². The average Bonchev–Trinajstić information content (AvgIpc) is 3.18. The molecule has 1 atom stereocenters. The van der Waals surface area contributed by atoms with Gasteiger partial charge in [-0.25, -0.2) is 13.4 Å². The highest BCUT2D eigenvalue weighted by molar-refractivity contribution is 7.91. The molecule has 0 unspecified atom stereocenters. The Labute approximate surface area is 170 Å². The molecule has 0 bridgehead atoms. The molecule has 0 aliphatic carbocycles. The Kier molecular flexibility index (Phi) is 5.49. The lowest BCUT2D eigenvalue weighted by Crippen LogP contribution is -2.33. The number of sulfone groups is 1. The van der Waals surface area contributed by atoms with Crippen molar-refractivity contribution in [3.05, 3.63) is 90.0 Å². The Balaban J connectivity index is 1.46. The maximum atomic E-state index is 13.0. The van der Waals surface area contributed by atoms with Gasteiger partial charge in [-0.15, -0.1) is 0 Å². The van der Waals surface area contributed by atoms with Crippen LogP contribution in [-0.4, -0.2) is 47.6 Å². The molecule has 6 nitrogen and oxygen atoms in total. The van der Waals surface area contributed by atoms with Crippen molar-refractivity contribution in [2.24, 2.45) is 0 Å². The minimum absolute atomic E-state index is 0.0169. The van der Waals surface area contributed by atoms with Crippen LogP contribution in [0.25, 0.3) is 0 Å². The summed E-state index contributed by atoms with van der Waals surface area (Å²) in [6.07, 6.45) is 5.78. The minimum atomic E-state index is -3.30. The van der Waals surface area contributed by atoms with Crippen LogP contribution < -0.4 is 0 Å². The summed E-state index contributed by atoms with van der Waals surface area (Å²) in [5, 5.41) is -0.556. The molecule has 1 fully saturated rings. The zero-order valence-electron chi connectivity index (χ0n) is 16.0. The number of nitrogens with zero attached hydrogens (tertiary/aromatic N) is 3. The molecule has 7 heteroatoms. The molecule has 0 radical (unpaired) electrons. The van der Waals surface area contributed by atoms with Crippen molar-refractivity contribution in [3.8, 4) is 0 Å². The second-order valence-electron chi connectivity index (χ2n) is 7.28. The molecule has 29 heavy (non-hydrogen) atoms. The van der Waals surface area contributed by atoms with E-state index in [9.17, 15) is 13.2 Å². The van der Waals surface area contributed by atoms with E-state index in [1.807, 2.05) is 65.4 Å². The first-order valence-corrected chi connectivity index (χ1v) is 11.3. The minimum Gasteiger partial charge on any atom is -0.338 e. The van der Waals surface area contributed by atoms with E-state index in [0.29, 0.717) is 25.1 Å². The fourth-order valence-electron chi connectivity index (χ4n) is 3.72. The molecule has 1 amide bonds. The number of carbonyl (C=O) groups excluding carboxylic acids is 1. The molecule has 150 valence electrons. The topological polar surface area (TPSA) is 72.3 Å². The van der Waals surface area contributed by atoms with Crippen molar-refractivity contribution >= 4 is 15.7 Å². The van der Waals surface area contributed by atoms with E-state index in [1.165, 1.54) is 0 Å². The van der Waals surface area contributed by atoms with Gasteiger partial charge in [0.15, 0.2) is 9.84 Å². The summed E-state index contributed by atoms with van der Waals surface area (Å²) < 4.78 is 27.5. The molecule has 0 N–H and O–H groups in total. The Morgan fingerprint density at radius 3 is 2.48 bits per heavy atom. The van der Waals surface area contributed by atoms with Crippen LogP contribution in [0.5, 0.6) is 0 Å². The summed E-state index contributed by atoms with van der Waals surface area (Å²) in [6, 6.07) is 16.7. The first-order chi connectivity index (χ1) is 14.0. The number of rotatable bonds is 4. The van der Waals surface area contributed by atoms with Crippen LogP contribution in [0, 0.1) is 0 Å². The Morgan fingerprint density at radius 1 is 1.03 bits per heavy atom. The van der Waals surface area contributed by atoms with E-state index in [2.05, 4.69) is 4.98 Å². The van der Waals surface area contributed by atoms with Gasteiger partial charge in [0.25, 0.3) is 5.91 Å². The summed E-state index contributed by atoms with van der Waals surface area (Å²) in [5.74, 6) is -0.139. The summed E-state index contributed by atoms with van der Waals surface area (Å²) in [5.41, 5.74) is 2.45. The van der Waals surface area contributed by atoms with Gasteiger partial charge in [0.05, 0.1) is 17.3 Å². The first kappa shape index (κ1) is 19.4. The molecule has 4 rings (SSSR count). The molecule has 1 saturated heterocycles. The van der Waals surface area contributed by atoms with Crippen LogP contribution in [0.1, 0.15) is 33.2 Å². The maximum absolute atomic E-state index is 13.0. The lowest BCUT2D eigenvalue weighted by Gasteiger charge is -2.20. The fraction of sp³-hybridized carbons (Fsp3) is 0.273. The average molecular weight is 410 g/mol. The van der Waals surface area contributed by atoms with Crippen LogP contribution in [0.2, 0.25) is 0 Å². The van der Waals surface area contributed by atoms with Crippen LogP contribution in [0.4, 0.5) is 0 Å². The largest absolute Gasteiger partial charge is 0.338 e. The second kappa shape index (κ2) is 8.21. The Hall–Kier alpha value is -2.93. The van der Waals surface area contributed by atoms with E-state index >= 15 is 0 Å². The van der Waals surface area contributed by atoms with E-state index in [1.54, 1.807) is 17.4 Å². The third-order valence-electron chi connectivity index (χ3n) is 5.32. The molecule has 1 aliphatic heterocycles. The smallest absolute Gasteiger partial charge is 0.253 e. The third-order valence-corrected chi connectivity index (χ3v) is 7.45. The number of hydrogen-bond donors (Lipinski definition) is 0. The van der Waals surface area contributed by atoms with Gasteiger partial charge in [-0.2, -0.15) is 0 Å². The zero-order valence-corrected chi connectivity index (χ0v) is 16.8. The molecule has 1 aliphatic rings. The van der Waals surface area contributed by atoms with E-state index in [4.69, 9.17) is 0 Å². The van der Waals surface area contributed by atoms with Gasteiger partial charge < -0.3 is 9.47 Å². The Bertz CT molecular complexity index is 1060. The SMILES string of the molecule is O=C(c1ccc(Cn2ccnc2)cc1)N1CC[C@H](c2ccccc2)S(=O)(=O)CC1. The second-order valence-corrected chi connectivity index (χ2v) is 9.58. The fourth-order valence-corrected chi connectivity index (χ4v) is 5.51. The van der Waals surface area contributed by atoms with Gasteiger partial charge >= 0.3 is 0 Å². The van der Waals surface area contributed by atoms with Gasteiger partial charge in [0.2, 0.25) is 0 Å². The number of benzene rings is 2. The van der Waals surface area contributed by atoms with Crippen LogP contribution >= 0.6 is 0 Å². The third kappa shape index (κ3) is 4.40. The lowest BCUT2D eigenvalue weighted by atomic mass is 10.1. The van der Waals surface area contributed by atoms with Gasteiger partial charge in [0.1, 0.15) is 0 Å². The van der Waals surface area contributed by atoms with Gasteiger partial charge in [-0.1, -0.05) is 42.5 Å². The van der Waals surface area contributed by atoms with Crippen LogP contribution in [0.3, 0.4) is 0 Å². The number of hydrogen-bond acceptors (Lipinski definition) is 4. The van der Waals surface area contributed by atoms with Crippen molar-refractivity contribution in [1.82, 2.24) is 14.5 Å². The number of imidazole rings is 1. The van der Waals surface area contributed by atoms with Gasteiger partial charge in [0, 0.05) is 37.6 Å². The van der Waals surface area contributed by atoms with Gasteiger partial charge in [-0.3, -0.25) is 4.79 Å². The number of amides is 1. The molecule has 0 spiro atoms. The molecular formula is C22H23N3O3S. The first-order valence-electron chi connectivity index (χ1n) is 9.63. The summed E-state index contributed by atoms with van der Waals surface area (Å²) in [7, 11) is -3.30. The highest BCUT2D eigenvalue weighted by atomic mass is 32.2. The maximum Gasteiger partial charge on any atom is 0.253 e. The van der Waals surface area contributed by atoms with Crippen molar-refractivity contribution < 1.29 is 13.2 Å². The quantitative estimate of drug-likeness (QED) is 0.664. The monoisotopic (exact) mass is 409 g/mol. The number of aromatic nitrogens is 2. The predicted octanol–water partition coefficient (Wildman–Crippen LogP) is 2.93. The predicted molar refractivity (Wildman–Crippen MR) is 111 cm³/mol. The molecule has 2 aromatic carbocycles. The number of carbonyl (C=O) groups is 1. The summed E-state index contributed by atoms with van der Waals surface area (Å²) >= 11 is 0. The normalized spacial score (nSPS) is 18.9. The lowest BCUT2D eigenvalue weighted by molar-refractivity contribution is 0.0766. The molecule has 2 heterocycles. The van der Waals surface area contributed by atoms with Crippen LogP contribution in [0.15, 0.2) is 73.3 Å². The van der Waals surface area contributed by atoms with Gasteiger partial charge in [-0.05, 0) is 29.7 Å². The standard InChI is InChI=1S/C22H23N3O3S/c26-22(20-8-6-18(7-9-20)16-24-13-11-23-17-24)25-12-10-21(29(27,28)15-14-25)19-4-2-1-3-5-19/h1-9,11,13,17,21H,10,12,14-16H2/t21-/m1/s1. The molecule has 1 aromatic heterocycles. The van der Waals surface area contributed by atoms with Crippen molar-refractivity contribution in [2.75, 3.05) is 18.8 Å². The molecule has 0 saturated carbocycles. The molecule has 3 aromatic rings. The van der Waals surface area contributed by atoms with Crippen molar-refractivity contribution in [2.45, 2.75) is 18.2 Å². The zero-order chi connectivity index (χ0) is 20.3. The highest BCUT2D eigenvalue weighted by Crippen LogP contribution is 2.29. The van der Waals surface area contributed by atoms with E-state index in [0.717, 1.165) is 11.1 Å². The van der Waals surface area contributed by atoms with E-state index < -0.39 is 15.1 Å². The highest BCUT2D eigenvalue weighted by Gasteiger charge is 2.32. The summed E-state index contributed by atoms with van der Waals surface area (Å²) in [4.78, 5) is 18.6. The Morgan fingerprint density at radius 2 is 1.79 bits per heavy atom. The van der Waals surface area contributed by atoms with Crippen LogP contribution in [-0.2, 0) is 16.4 Å². The summed E-state index contributed by atoms with van der Waals surface area (Å²) in [6.45, 7) is 1.34.